The summed E-state index contributed by atoms with van der Waals surface area (Å²) >= 11 is 3.48. The van der Waals surface area contributed by atoms with Gasteiger partial charge in [0.2, 0.25) is 5.91 Å². The number of carbonyl (C=O) groups is 1. The number of furan rings is 1. The Morgan fingerprint density at radius 2 is 1.97 bits per heavy atom. The first-order chi connectivity index (χ1) is 14.3. The monoisotopic (exact) mass is 469 g/mol. The molecule has 1 heterocycles. The summed E-state index contributed by atoms with van der Waals surface area (Å²) < 4.78 is 12.6. The standard InChI is InChI=1S/C25H28BrNO3/c1-15(2)10-11-27-23(28)12-16(3)20-13-21-22(18-6-8-19(26)9-7-18)14-30-25(21)17(4)24(20)29-5/h6-9,12-15H,10-11H2,1-5H3,(H,27,28)/b16-12+. The molecule has 0 spiro atoms. The van der Waals surface area contributed by atoms with Crippen molar-refractivity contribution in [3.8, 4) is 16.9 Å². The molecule has 3 aromatic rings. The molecule has 1 aromatic heterocycles. The van der Waals surface area contributed by atoms with E-state index in [1.54, 1.807) is 19.4 Å². The van der Waals surface area contributed by atoms with Gasteiger partial charge in [0.15, 0.2) is 0 Å². The second-order valence-corrected chi connectivity index (χ2v) is 8.83. The van der Waals surface area contributed by atoms with Crippen LogP contribution >= 0.6 is 15.9 Å². The second kappa shape index (κ2) is 9.52. The molecule has 5 heteroatoms. The number of hydrogen-bond donors (Lipinski definition) is 1. The molecule has 0 saturated carbocycles. The quantitative estimate of drug-likeness (QED) is 0.389. The normalized spacial score (nSPS) is 11.9. The van der Waals surface area contributed by atoms with E-state index in [2.05, 4.69) is 53.3 Å². The third kappa shape index (κ3) is 4.78. The zero-order valence-corrected chi connectivity index (χ0v) is 19.7. The lowest BCUT2D eigenvalue weighted by Gasteiger charge is -2.13. The van der Waals surface area contributed by atoms with E-state index in [-0.39, 0.29) is 5.91 Å². The van der Waals surface area contributed by atoms with Gasteiger partial charge >= 0.3 is 0 Å². The molecule has 0 saturated heterocycles. The molecule has 1 N–H and O–H groups in total. The van der Waals surface area contributed by atoms with E-state index in [1.807, 2.05) is 26.0 Å². The van der Waals surface area contributed by atoms with Crippen LogP contribution in [-0.4, -0.2) is 19.6 Å². The highest BCUT2D eigenvalue weighted by Crippen LogP contribution is 2.40. The van der Waals surface area contributed by atoms with Crippen molar-refractivity contribution in [2.24, 2.45) is 5.92 Å². The smallest absolute Gasteiger partial charge is 0.244 e. The van der Waals surface area contributed by atoms with Gasteiger partial charge in [-0.3, -0.25) is 4.79 Å². The Hall–Kier alpha value is -2.53. The molecular weight excluding hydrogens is 442 g/mol. The zero-order chi connectivity index (χ0) is 21.8. The van der Waals surface area contributed by atoms with Crippen LogP contribution in [0.15, 0.2) is 51.6 Å². The highest BCUT2D eigenvalue weighted by molar-refractivity contribution is 9.10. The molecule has 0 aliphatic rings. The Morgan fingerprint density at radius 3 is 2.60 bits per heavy atom. The number of allylic oxidation sites excluding steroid dienone is 1. The summed E-state index contributed by atoms with van der Waals surface area (Å²) in [5.41, 5.74) is 5.53. The molecule has 4 nitrogen and oxygen atoms in total. The summed E-state index contributed by atoms with van der Waals surface area (Å²) in [6, 6.07) is 10.2. The maximum atomic E-state index is 12.4. The average molecular weight is 470 g/mol. The molecule has 0 aliphatic heterocycles. The number of rotatable bonds is 7. The Balaban J connectivity index is 2.03. The maximum Gasteiger partial charge on any atom is 0.244 e. The van der Waals surface area contributed by atoms with Crippen LogP contribution < -0.4 is 10.1 Å². The SMILES string of the molecule is COc1c(/C(C)=C/C(=O)NCCC(C)C)cc2c(-c3ccc(Br)cc3)coc2c1C. The molecule has 0 aliphatic carbocycles. The number of carbonyl (C=O) groups excluding carboxylic acids is 1. The van der Waals surface area contributed by atoms with Crippen LogP contribution in [0.25, 0.3) is 27.7 Å². The molecule has 0 unspecified atom stereocenters. The molecule has 158 valence electrons. The fraction of sp³-hybridized carbons (Fsp3) is 0.320. The number of amides is 1. The van der Waals surface area contributed by atoms with Crippen LogP contribution in [0.2, 0.25) is 0 Å². The first-order valence-corrected chi connectivity index (χ1v) is 10.9. The van der Waals surface area contributed by atoms with Gasteiger partial charge in [-0.2, -0.15) is 0 Å². The van der Waals surface area contributed by atoms with Gasteiger partial charge in [0.05, 0.1) is 13.4 Å². The van der Waals surface area contributed by atoms with Crippen molar-refractivity contribution >= 4 is 38.4 Å². The van der Waals surface area contributed by atoms with E-state index < -0.39 is 0 Å². The van der Waals surface area contributed by atoms with Gasteiger partial charge in [-0.1, -0.05) is 41.9 Å². The van der Waals surface area contributed by atoms with Crippen molar-refractivity contribution in [3.05, 3.63) is 58.3 Å². The van der Waals surface area contributed by atoms with E-state index >= 15 is 0 Å². The van der Waals surface area contributed by atoms with E-state index in [4.69, 9.17) is 9.15 Å². The lowest BCUT2D eigenvalue weighted by atomic mass is 9.96. The van der Waals surface area contributed by atoms with Crippen LogP contribution in [0.5, 0.6) is 5.75 Å². The molecule has 2 aromatic carbocycles. The van der Waals surface area contributed by atoms with Crippen LogP contribution in [0, 0.1) is 12.8 Å². The molecule has 3 rings (SSSR count). The van der Waals surface area contributed by atoms with Gasteiger partial charge in [-0.25, -0.2) is 0 Å². The Bertz CT molecular complexity index is 1080. The lowest BCUT2D eigenvalue weighted by Crippen LogP contribution is -2.23. The van der Waals surface area contributed by atoms with Gasteiger partial charge in [0.25, 0.3) is 0 Å². The summed E-state index contributed by atoms with van der Waals surface area (Å²) in [7, 11) is 1.65. The number of nitrogens with one attached hydrogen (secondary N) is 1. The third-order valence-electron chi connectivity index (χ3n) is 5.20. The first-order valence-electron chi connectivity index (χ1n) is 10.1. The minimum Gasteiger partial charge on any atom is -0.496 e. The number of aryl methyl sites for hydroxylation is 1. The summed E-state index contributed by atoms with van der Waals surface area (Å²) in [6.07, 6.45) is 4.38. The van der Waals surface area contributed by atoms with Crippen LogP contribution in [0.4, 0.5) is 0 Å². The minimum atomic E-state index is -0.0896. The van der Waals surface area contributed by atoms with Gasteiger partial charge in [0.1, 0.15) is 11.3 Å². The fourth-order valence-electron chi connectivity index (χ4n) is 3.53. The Morgan fingerprint density at radius 1 is 1.27 bits per heavy atom. The number of methoxy groups -OCH3 is 1. The van der Waals surface area contributed by atoms with Crippen molar-refractivity contribution in [2.45, 2.75) is 34.1 Å². The average Bonchev–Trinajstić information content (AvgIpc) is 3.12. The van der Waals surface area contributed by atoms with Crippen LogP contribution in [0.3, 0.4) is 0 Å². The fourth-order valence-corrected chi connectivity index (χ4v) is 3.80. The highest BCUT2D eigenvalue weighted by atomic mass is 79.9. The van der Waals surface area contributed by atoms with Crippen molar-refractivity contribution in [3.63, 3.8) is 0 Å². The number of ether oxygens (including phenoxy) is 1. The van der Waals surface area contributed by atoms with E-state index in [9.17, 15) is 4.79 Å². The molecule has 1 amide bonds. The first kappa shape index (κ1) is 22.2. The lowest BCUT2D eigenvalue weighted by molar-refractivity contribution is -0.116. The number of hydrogen-bond acceptors (Lipinski definition) is 3. The largest absolute Gasteiger partial charge is 0.496 e. The molecular formula is C25H28BrNO3. The van der Waals surface area contributed by atoms with Crippen LogP contribution in [0.1, 0.15) is 38.3 Å². The maximum absolute atomic E-state index is 12.4. The molecule has 0 bridgehead atoms. The third-order valence-corrected chi connectivity index (χ3v) is 5.73. The zero-order valence-electron chi connectivity index (χ0n) is 18.1. The van der Waals surface area contributed by atoms with Gasteiger partial charge < -0.3 is 14.5 Å². The number of fused-ring (bicyclic) bond motifs is 1. The summed E-state index contributed by atoms with van der Waals surface area (Å²) in [5, 5.41) is 3.96. The van der Waals surface area contributed by atoms with Gasteiger partial charge in [-0.05, 0) is 55.5 Å². The van der Waals surface area contributed by atoms with E-state index in [0.29, 0.717) is 12.5 Å². The predicted molar refractivity (Wildman–Crippen MR) is 127 cm³/mol. The van der Waals surface area contributed by atoms with E-state index in [0.717, 1.165) is 55.4 Å². The summed E-state index contributed by atoms with van der Waals surface area (Å²) in [4.78, 5) is 12.4. The van der Waals surface area contributed by atoms with Crippen molar-refractivity contribution in [1.29, 1.82) is 0 Å². The van der Waals surface area contributed by atoms with Gasteiger partial charge in [0, 0.05) is 39.2 Å². The molecule has 0 fully saturated rings. The summed E-state index contributed by atoms with van der Waals surface area (Å²) in [6.45, 7) is 8.87. The van der Waals surface area contributed by atoms with Crippen molar-refractivity contribution in [1.82, 2.24) is 5.32 Å². The Kier molecular flexibility index (Phi) is 7.03. The van der Waals surface area contributed by atoms with Crippen LogP contribution in [-0.2, 0) is 4.79 Å². The topological polar surface area (TPSA) is 51.5 Å². The van der Waals surface area contributed by atoms with Crippen molar-refractivity contribution in [2.75, 3.05) is 13.7 Å². The number of benzene rings is 2. The highest BCUT2D eigenvalue weighted by Gasteiger charge is 2.18. The van der Waals surface area contributed by atoms with E-state index in [1.165, 1.54) is 0 Å². The molecule has 0 radical (unpaired) electrons. The summed E-state index contributed by atoms with van der Waals surface area (Å²) in [5.74, 6) is 1.19. The molecule has 30 heavy (non-hydrogen) atoms. The predicted octanol–water partition coefficient (Wildman–Crippen LogP) is 6.74. The number of halogens is 1. The van der Waals surface area contributed by atoms with Crippen molar-refractivity contribution < 1.29 is 13.9 Å². The van der Waals surface area contributed by atoms with Gasteiger partial charge in [-0.15, -0.1) is 0 Å². The minimum absolute atomic E-state index is 0.0896. The second-order valence-electron chi connectivity index (χ2n) is 7.92. The molecule has 0 atom stereocenters. The Labute approximate surface area is 186 Å².